The molecule has 0 aliphatic carbocycles. The van der Waals surface area contributed by atoms with Crippen LogP contribution in [0.1, 0.15) is 0 Å². The van der Waals surface area contributed by atoms with Gasteiger partial charge in [0.1, 0.15) is 0 Å². The number of aromatic nitrogens is 3. The van der Waals surface area contributed by atoms with Gasteiger partial charge >= 0.3 is 0 Å². The summed E-state index contributed by atoms with van der Waals surface area (Å²) >= 11 is 5.58. The maximum Gasteiger partial charge on any atom is 0.164 e. The third-order valence-electron chi connectivity index (χ3n) is 11.0. The van der Waals surface area contributed by atoms with Crippen molar-refractivity contribution in [2.75, 3.05) is 0 Å². The highest BCUT2D eigenvalue weighted by atomic mass is 32.1. The second-order valence-corrected chi connectivity index (χ2v) is 17.5. The zero-order valence-corrected chi connectivity index (χ0v) is 32.8. The van der Waals surface area contributed by atoms with Crippen molar-refractivity contribution in [1.82, 2.24) is 15.0 Å². The van der Waals surface area contributed by atoms with Crippen LogP contribution in [0.3, 0.4) is 0 Å². The van der Waals surface area contributed by atoms with Gasteiger partial charge in [-0.1, -0.05) is 133 Å². The molecular weight excluding hydrogens is 751 g/mol. The predicted molar refractivity (Wildman–Crippen MR) is 246 cm³/mol. The fourth-order valence-electron chi connectivity index (χ4n) is 8.31. The standard InChI is InChI=1S/C51H29N3S3/c1-3-12-30(13-4-1)49-52-50(31-14-5-2-6-15-31)54-51(53-49)38-20-11-23-45-47(38)40-29-33(25-27-43(40)56-45)32-24-26-42-39(28-32)36-19-9-18-35(48(36)57-42)34-17-10-22-44-46(34)37-16-7-8-21-41(37)55-44/h1-29H. The first kappa shape index (κ1) is 32.7. The maximum atomic E-state index is 5.12. The molecule has 0 saturated carbocycles. The molecule has 8 aromatic carbocycles. The van der Waals surface area contributed by atoms with Crippen LogP contribution in [0.15, 0.2) is 176 Å². The van der Waals surface area contributed by atoms with Gasteiger partial charge in [0.05, 0.1) is 0 Å². The van der Waals surface area contributed by atoms with Crippen LogP contribution >= 0.6 is 34.0 Å². The summed E-state index contributed by atoms with van der Waals surface area (Å²) in [6.07, 6.45) is 0. The fourth-order valence-corrected chi connectivity index (χ4v) is 11.8. The Balaban J connectivity index is 1.01. The minimum atomic E-state index is 0.663. The molecule has 0 atom stereocenters. The maximum absolute atomic E-state index is 5.12. The number of hydrogen-bond donors (Lipinski definition) is 0. The molecule has 4 heterocycles. The molecule has 0 bridgehead atoms. The van der Waals surface area contributed by atoms with E-state index in [0.717, 1.165) is 16.7 Å². The van der Waals surface area contributed by atoms with Gasteiger partial charge in [-0.3, -0.25) is 0 Å². The third kappa shape index (κ3) is 5.33. The Morgan fingerprint density at radius 1 is 0.281 bits per heavy atom. The van der Waals surface area contributed by atoms with Gasteiger partial charge in [-0.2, -0.15) is 0 Å². The summed E-state index contributed by atoms with van der Waals surface area (Å²) in [6, 6.07) is 63.1. The van der Waals surface area contributed by atoms with Gasteiger partial charge in [-0.15, -0.1) is 34.0 Å². The molecule has 0 N–H and O–H groups in total. The normalized spacial score (nSPS) is 11.9. The summed E-state index contributed by atoms with van der Waals surface area (Å²) in [6.45, 7) is 0. The second kappa shape index (κ2) is 13.0. The molecule has 0 aliphatic rings. The van der Waals surface area contributed by atoms with Crippen LogP contribution in [0.2, 0.25) is 0 Å². The Kier molecular flexibility index (Phi) is 7.45. The first-order valence-corrected chi connectivity index (χ1v) is 21.4. The molecular formula is C51H29N3S3. The second-order valence-electron chi connectivity index (χ2n) is 14.3. The molecule has 6 heteroatoms. The van der Waals surface area contributed by atoms with Crippen molar-refractivity contribution in [1.29, 1.82) is 0 Å². The minimum Gasteiger partial charge on any atom is -0.208 e. The first-order valence-electron chi connectivity index (χ1n) is 18.9. The lowest BCUT2D eigenvalue weighted by molar-refractivity contribution is 1.08. The predicted octanol–water partition coefficient (Wildman–Crippen LogP) is 15.3. The lowest BCUT2D eigenvalue weighted by Crippen LogP contribution is -2.00. The summed E-state index contributed by atoms with van der Waals surface area (Å²) in [5.41, 5.74) is 7.93. The Labute approximate surface area is 339 Å². The number of nitrogens with zero attached hydrogens (tertiary/aromatic N) is 3. The van der Waals surface area contributed by atoms with Crippen LogP contribution in [-0.2, 0) is 0 Å². The van der Waals surface area contributed by atoms with Crippen LogP contribution in [0, 0.1) is 0 Å². The zero-order valence-electron chi connectivity index (χ0n) is 30.3. The van der Waals surface area contributed by atoms with E-state index in [9.17, 15) is 0 Å². The van der Waals surface area contributed by atoms with E-state index in [1.165, 1.54) is 82.8 Å². The highest BCUT2D eigenvalue weighted by Crippen LogP contribution is 2.47. The number of thiophene rings is 3. The number of benzene rings is 8. The zero-order chi connectivity index (χ0) is 37.5. The van der Waals surface area contributed by atoms with Gasteiger partial charge in [0.25, 0.3) is 0 Å². The molecule has 0 spiro atoms. The van der Waals surface area contributed by atoms with Gasteiger partial charge in [-0.05, 0) is 59.2 Å². The first-order chi connectivity index (χ1) is 28.2. The molecule has 0 aliphatic heterocycles. The Bertz CT molecular complexity index is 3470. The van der Waals surface area contributed by atoms with Crippen molar-refractivity contribution in [3.63, 3.8) is 0 Å². The van der Waals surface area contributed by atoms with Crippen LogP contribution in [-0.4, -0.2) is 15.0 Å². The van der Waals surface area contributed by atoms with Gasteiger partial charge in [0.15, 0.2) is 17.5 Å². The molecule has 0 fully saturated rings. The lowest BCUT2D eigenvalue weighted by atomic mass is 9.97. The molecule has 4 aromatic heterocycles. The van der Waals surface area contributed by atoms with Gasteiger partial charge < -0.3 is 0 Å². The van der Waals surface area contributed by atoms with Crippen molar-refractivity contribution in [3.05, 3.63) is 176 Å². The van der Waals surface area contributed by atoms with E-state index in [4.69, 9.17) is 15.0 Å². The van der Waals surface area contributed by atoms with Crippen molar-refractivity contribution in [2.45, 2.75) is 0 Å². The van der Waals surface area contributed by atoms with Crippen molar-refractivity contribution >= 4 is 94.5 Å². The summed E-state index contributed by atoms with van der Waals surface area (Å²) in [4.78, 5) is 15.2. The van der Waals surface area contributed by atoms with E-state index in [-0.39, 0.29) is 0 Å². The van der Waals surface area contributed by atoms with E-state index in [2.05, 4.69) is 140 Å². The largest absolute Gasteiger partial charge is 0.208 e. The molecule has 3 nitrogen and oxygen atoms in total. The van der Waals surface area contributed by atoms with Crippen molar-refractivity contribution in [3.8, 4) is 56.4 Å². The summed E-state index contributed by atoms with van der Waals surface area (Å²) in [5.74, 6) is 2.00. The number of hydrogen-bond acceptors (Lipinski definition) is 6. The number of rotatable bonds is 5. The summed E-state index contributed by atoms with van der Waals surface area (Å²) in [5, 5.41) is 7.65. The average molecular weight is 780 g/mol. The molecule has 12 aromatic rings. The minimum absolute atomic E-state index is 0.663. The number of fused-ring (bicyclic) bond motifs is 9. The SMILES string of the molecule is c1ccc(-c2nc(-c3ccccc3)nc(-c3cccc4sc5ccc(-c6ccc7sc8c(-c9cccc%10sc%11ccccc%11c9%10)cccc8c7c6)cc5c34)n2)cc1. The Hall–Kier alpha value is -6.57. The molecule has 57 heavy (non-hydrogen) atoms. The highest BCUT2D eigenvalue weighted by Gasteiger charge is 2.19. The molecule has 266 valence electrons. The van der Waals surface area contributed by atoms with E-state index in [0.29, 0.717) is 17.5 Å². The van der Waals surface area contributed by atoms with E-state index in [1.54, 1.807) is 0 Å². The smallest absolute Gasteiger partial charge is 0.164 e. The van der Waals surface area contributed by atoms with Gasteiger partial charge in [0, 0.05) is 82.8 Å². The lowest BCUT2D eigenvalue weighted by Gasteiger charge is -2.10. The monoisotopic (exact) mass is 779 g/mol. The molecule has 0 amide bonds. The molecule has 0 unspecified atom stereocenters. The van der Waals surface area contributed by atoms with E-state index < -0.39 is 0 Å². The molecule has 12 rings (SSSR count). The van der Waals surface area contributed by atoms with Gasteiger partial charge in [0.2, 0.25) is 0 Å². The topological polar surface area (TPSA) is 38.7 Å². The van der Waals surface area contributed by atoms with Crippen molar-refractivity contribution < 1.29 is 0 Å². The van der Waals surface area contributed by atoms with Crippen LogP contribution < -0.4 is 0 Å². The summed E-state index contributed by atoms with van der Waals surface area (Å²) < 4.78 is 7.74. The van der Waals surface area contributed by atoms with Crippen LogP contribution in [0.4, 0.5) is 0 Å². The molecule has 0 radical (unpaired) electrons. The van der Waals surface area contributed by atoms with Crippen LogP contribution in [0.25, 0.3) is 117 Å². The van der Waals surface area contributed by atoms with Gasteiger partial charge in [-0.25, -0.2) is 15.0 Å². The fraction of sp³-hybridized carbons (Fsp3) is 0. The Morgan fingerprint density at radius 2 is 0.772 bits per heavy atom. The van der Waals surface area contributed by atoms with Crippen molar-refractivity contribution in [2.24, 2.45) is 0 Å². The highest BCUT2D eigenvalue weighted by molar-refractivity contribution is 7.27. The Morgan fingerprint density at radius 3 is 1.47 bits per heavy atom. The quantitative estimate of drug-likeness (QED) is 0.175. The van der Waals surface area contributed by atoms with E-state index in [1.807, 2.05) is 70.4 Å². The third-order valence-corrected chi connectivity index (χ3v) is 14.5. The molecule has 0 saturated heterocycles. The van der Waals surface area contributed by atoms with Crippen LogP contribution in [0.5, 0.6) is 0 Å². The average Bonchev–Trinajstić information content (AvgIpc) is 3.97. The van der Waals surface area contributed by atoms with E-state index >= 15 is 0 Å². The summed E-state index contributed by atoms with van der Waals surface area (Å²) in [7, 11) is 0.